The number of aliphatic hydroxyl groups is 1. The molecule has 1 fully saturated rings. The smallest absolute Gasteiger partial charge is 0.396 e. The van der Waals surface area contributed by atoms with Crippen molar-refractivity contribution in [2.24, 2.45) is 5.92 Å². The Balaban J connectivity index is 1.82. The maximum atomic E-state index is 13.2. The molecule has 3 heterocycles. The second kappa shape index (κ2) is 8.01. The van der Waals surface area contributed by atoms with Gasteiger partial charge in [0.25, 0.3) is 0 Å². The first-order valence-corrected chi connectivity index (χ1v) is 11.4. The van der Waals surface area contributed by atoms with E-state index in [4.69, 9.17) is 5.73 Å². The zero-order chi connectivity index (χ0) is 23.3. The van der Waals surface area contributed by atoms with E-state index in [0.717, 1.165) is 12.6 Å². The van der Waals surface area contributed by atoms with Crippen LogP contribution >= 0.6 is 0 Å². The third kappa shape index (κ3) is 3.93. The highest BCUT2D eigenvalue weighted by molar-refractivity contribution is 7.89. The van der Waals surface area contributed by atoms with Crippen LogP contribution < -0.4 is 5.73 Å². The number of fused-ring (bicyclic) bond motifs is 1. The van der Waals surface area contributed by atoms with E-state index >= 15 is 0 Å². The van der Waals surface area contributed by atoms with Gasteiger partial charge in [-0.25, -0.2) is 18.4 Å². The zero-order valence-corrected chi connectivity index (χ0v) is 18.0. The molecule has 0 radical (unpaired) electrons. The molecule has 1 aliphatic rings. The Morgan fingerprint density at radius 3 is 2.75 bits per heavy atom. The fraction of sp³-hybridized carbons (Fsp3) is 0.400. The fourth-order valence-electron chi connectivity index (χ4n) is 3.93. The van der Waals surface area contributed by atoms with Crippen molar-refractivity contribution in [2.45, 2.75) is 30.8 Å². The molecule has 2 aromatic heterocycles. The number of nitrogens with zero attached hydrogens (tertiary/aromatic N) is 4. The molecule has 3 aromatic rings. The fourth-order valence-corrected chi connectivity index (χ4v) is 5.51. The summed E-state index contributed by atoms with van der Waals surface area (Å²) in [6, 6.07) is 4.50. The minimum Gasteiger partial charge on any atom is -0.396 e. The van der Waals surface area contributed by atoms with Crippen molar-refractivity contribution < 1.29 is 26.7 Å². The van der Waals surface area contributed by atoms with E-state index in [1.54, 1.807) is 13.0 Å². The van der Waals surface area contributed by atoms with Crippen LogP contribution in [0.25, 0.3) is 16.9 Å². The molecule has 8 nitrogen and oxygen atoms in total. The van der Waals surface area contributed by atoms with Gasteiger partial charge in [0.15, 0.2) is 17.2 Å². The molecule has 0 bridgehead atoms. The predicted molar refractivity (Wildman–Crippen MR) is 111 cm³/mol. The number of rotatable bonds is 4. The van der Waals surface area contributed by atoms with Crippen LogP contribution in [0.5, 0.6) is 0 Å². The third-order valence-electron chi connectivity index (χ3n) is 5.67. The molecule has 172 valence electrons. The van der Waals surface area contributed by atoms with E-state index < -0.39 is 21.9 Å². The minimum absolute atomic E-state index is 0.0183. The molecular weight excluding hydrogens is 447 g/mol. The van der Waals surface area contributed by atoms with Crippen molar-refractivity contribution in [1.29, 1.82) is 0 Å². The summed E-state index contributed by atoms with van der Waals surface area (Å²) in [4.78, 5) is 7.48. The van der Waals surface area contributed by atoms with E-state index in [-0.39, 0.29) is 41.1 Å². The Hall–Kier alpha value is -2.70. The average Bonchev–Trinajstić information content (AvgIpc) is 3.18. The van der Waals surface area contributed by atoms with Gasteiger partial charge in [-0.15, -0.1) is 0 Å². The van der Waals surface area contributed by atoms with Crippen LogP contribution in [-0.2, 0) is 16.2 Å². The van der Waals surface area contributed by atoms with Crippen molar-refractivity contribution in [3.63, 3.8) is 0 Å². The third-order valence-corrected chi connectivity index (χ3v) is 7.53. The number of aryl methyl sites for hydroxylation is 1. The first kappa shape index (κ1) is 22.5. The standard InChI is InChI=1S/C20H22F3N5O3S/c1-12-4-5-14(32(30,31)27-6-2-3-13(9-27)11-29)7-15(12)16-8-25-19-18(24)26-17(10-28(16)19)20(21,22)23/h4-5,7-8,10,13,29H,2-3,6,9,11H2,1H3,(H2,24,26). The number of sulfonamides is 1. The van der Waals surface area contributed by atoms with E-state index in [2.05, 4.69) is 9.97 Å². The first-order chi connectivity index (χ1) is 15.0. The van der Waals surface area contributed by atoms with Crippen molar-refractivity contribution in [3.05, 3.63) is 41.9 Å². The van der Waals surface area contributed by atoms with Gasteiger partial charge in [-0.05, 0) is 43.4 Å². The minimum atomic E-state index is -4.71. The predicted octanol–water partition coefficient (Wildman–Crippen LogP) is 2.70. The maximum absolute atomic E-state index is 13.2. The Bertz CT molecular complexity index is 1270. The number of hydrogen-bond acceptors (Lipinski definition) is 6. The summed E-state index contributed by atoms with van der Waals surface area (Å²) in [7, 11) is -3.85. The van der Waals surface area contributed by atoms with Crippen LogP contribution in [0.2, 0.25) is 0 Å². The second-order valence-electron chi connectivity index (χ2n) is 7.88. The molecule has 0 amide bonds. The number of halogens is 3. The van der Waals surface area contributed by atoms with Gasteiger partial charge >= 0.3 is 6.18 Å². The number of imidazole rings is 1. The van der Waals surface area contributed by atoms with E-state index in [9.17, 15) is 26.7 Å². The molecule has 32 heavy (non-hydrogen) atoms. The quantitative estimate of drug-likeness (QED) is 0.607. The number of hydrogen-bond donors (Lipinski definition) is 2. The van der Waals surface area contributed by atoms with Crippen LogP contribution in [0, 0.1) is 12.8 Å². The summed E-state index contributed by atoms with van der Waals surface area (Å²) in [5, 5.41) is 9.43. The highest BCUT2D eigenvalue weighted by Crippen LogP contribution is 2.33. The van der Waals surface area contributed by atoms with Crippen LogP contribution in [-0.4, -0.2) is 51.9 Å². The normalized spacial score (nSPS) is 18.3. The highest BCUT2D eigenvalue weighted by atomic mass is 32.2. The molecule has 1 unspecified atom stereocenters. The number of piperidine rings is 1. The molecule has 12 heteroatoms. The lowest BCUT2D eigenvalue weighted by atomic mass is 10.0. The Morgan fingerprint density at radius 1 is 1.31 bits per heavy atom. The average molecular weight is 469 g/mol. The number of benzene rings is 1. The molecule has 1 aliphatic heterocycles. The van der Waals surface area contributed by atoms with Gasteiger partial charge in [0.2, 0.25) is 10.0 Å². The monoisotopic (exact) mass is 469 g/mol. The SMILES string of the molecule is Cc1ccc(S(=O)(=O)N2CCCC(CO)C2)cc1-c1cnc2c(N)nc(C(F)(F)F)cn12. The Morgan fingerprint density at radius 2 is 2.06 bits per heavy atom. The van der Waals surface area contributed by atoms with Gasteiger partial charge in [-0.1, -0.05) is 6.07 Å². The summed E-state index contributed by atoms with van der Waals surface area (Å²) in [6.07, 6.45) is -1.18. The Kier molecular flexibility index (Phi) is 5.63. The van der Waals surface area contributed by atoms with Crippen molar-refractivity contribution in [1.82, 2.24) is 18.7 Å². The van der Waals surface area contributed by atoms with Gasteiger partial charge in [0, 0.05) is 31.5 Å². The largest absolute Gasteiger partial charge is 0.434 e. The lowest BCUT2D eigenvalue weighted by Crippen LogP contribution is -2.40. The number of alkyl halides is 3. The molecule has 4 rings (SSSR count). The van der Waals surface area contributed by atoms with Crippen LogP contribution in [0.4, 0.5) is 19.0 Å². The molecule has 0 spiro atoms. The summed E-state index contributed by atoms with van der Waals surface area (Å²) < 4.78 is 68.7. The van der Waals surface area contributed by atoms with Gasteiger partial charge in [-0.3, -0.25) is 4.40 Å². The molecule has 3 N–H and O–H groups in total. The first-order valence-electron chi connectivity index (χ1n) is 9.95. The Labute approximate surface area is 182 Å². The number of aromatic nitrogens is 3. The van der Waals surface area contributed by atoms with Gasteiger partial charge in [0.05, 0.1) is 16.8 Å². The number of nitrogens with two attached hydrogens (primary N) is 1. The lowest BCUT2D eigenvalue weighted by molar-refractivity contribution is -0.141. The topological polar surface area (TPSA) is 114 Å². The van der Waals surface area contributed by atoms with Gasteiger partial charge < -0.3 is 10.8 Å². The van der Waals surface area contributed by atoms with E-state index in [0.29, 0.717) is 24.1 Å². The molecular formula is C20H22F3N5O3S. The molecule has 0 saturated carbocycles. The maximum Gasteiger partial charge on any atom is 0.434 e. The van der Waals surface area contributed by atoms with E-state index in [1.165, 1.54) is 27.0 Å². The van der Waals surface area contributed by atoms with Crippen LogP contribution in [0.3, 0.4) is 0 Å². The van der Waals surface area contributed by atoms with Gasteiger partial charge in [-0.2, -0.15) is 17.5 Å². The molecule has 1 atom stereocenters. The molecule has 1 aromatic carbocycles. The van der Waals surface area contributed by atoms with Crippen molar-refractivity contribution >= 4 is 21.5 Å². The van der Waals surface area contributed by atoms with Crippen LogP contribution in [0.1, 0.15) is 24.1 Å². The van der Waals surface area contributed by atoms with Crippen molar-refractivity contribution in [2.75, 3.05) is 25.4 Å². The number of aliphatic hydroxyl groups excluding tert-OH is 1. The number of anilines is 1. The zero-order valence-electron chi connectivity index (χ0n) is 17.2. The molecule has 0 aliphatic carbocycles. The van der Waals surface area contributed by atoms with Gasteiger partial charge in [0.1, 0.15) is 0 Å². The van der Waals surface area contributed by atoms with Crippen molar-refractivity contribution in [3.8, 4) is 11.3 Å². The number of nitrogen functional groups attached to an aromatic ring is 1. The summed E-state index contributed by atoms with van der Waals surface area (Å²) in [5.74, 6) is -0.505. The van der Waals surface area contributed by atoms with Crippen LogP contribution in [0.15, 0.2) is 35.5 Å². The second-order valence-corrected chi connectivity index (χ2v) is 9.81. The molecule has 1 saturated heterocycles. The summed E-state index contributed by atoms with van der Waals surface area (Å²) >= 11 is 0. The summed E-state index contributed by atoms with van der Waals surface area (Å²) in [5.41, 5.74) is 5.89. The van der Waals surface area contributed by atoms with E-state index in [1.807, 2.05) is 0 Å². The summed E-state index contributed by atoms with van der Waals surface area (Å²) in [6.45, 7) is 2.19. The highest BCUT2D eigenvalue weighted by Gasteiger charge is 2.34. The lowest BCUT2D eigenvalue weighted by Gasteiger charge is -2.31.